The molecule has 9 heteroatoms. The number of para-hydroxylation sites is 2. The summed E-state index contributed by atoms with van der Waals surface area (Å²) in [6, 6.07) is 14.6. The molecule has 2 N–H and O–H groups in total. The molecule has 2 aromatic carbocycles. The van der Waals surface area contributed by atoms with Crippen LogP contribution >= 0.6 is 11.5 Å². The fourth-order valence-corrected chi connectivity index (χ4v) is 4.31. The number of likely N-dealkylation sites (tertiary alicyclic amines) is 1. The Balaban J connectivity index is 1.32. The molecule has 0 atom stereocenters. The largest absolute Gasteiger partial charge is 0.339 e. The lowest BCUT2D eigenvalue weighted by molar-refractivity contribution is 0.0792. The van der Waals surface area contributed by atoms with Crippen LogP contribution in [0.3, 0.4) is 0 Å². The first-order chi connectivity index (χ1) is 15.7. The first kappa shape index (κ1) is 20.1. The molecule has 4 aromatic rings. The average Bonchev–Trinajstić information content (AvgIpc) is 3.51. The molecule has 3 heterocycles. The molecule has 8 nitrogen and oxygen atoms in total. The molecule has 5 rings (SSSR count). The third-order valence-corrected chi connectivity index (χ3v) is 5.98. The topological polar surface area (TPSA) is 100 Å². The molecule has 160 valence electrons. The Morgan fingerprint density at radius 2 is 1.78 bits per heavy atom. The second kappa shape index (κ2) is 8.72. The van der Waals surface area contributed by atoms with E-state index in [1.54, 1.807) is 30.5 Å². The van der Waals surface area contributed by atoms with Gasteiger partial charge in [0.15, 0.2) is 0 Å². The molecule has 2 amide bonds. The Morgan fingerprint density at radius 3 is 2.62 bits per heavy atom. The zero-order valence-electron chi connectivity index (χ0n) is 17.1. The van der Waals surface area contributed by atoms with Gasteiger partial charge in [0.2, 0.25) is 0 Å². The van der Waals surface area contributed by atoms with E-state index in [1.165, 1.54) is 6.20 Å². The molecule has 32 heavy (non-hydrogen) atoms. The summed E-state index contributed by atoms with van der Waals surface area (Å²) in [5, 5.41) is 6.57. The van der Waals surface area contributed by atoms with Gasteiger partial charge in [-0.1, -0.05) is 18.2 Å². The highest BCUT2D eigenvalue weighted by Crippen LogP contribution is 2.26. The van der Waals surface area contributed by atoms with E-state index in [1.807, 2.05) is 29.2 Å². The smallest absolute Gasteiger partial charge is 0.260 e. The van der Waals surface area contributed by atoms with Crippen molar-refractivity contribution in [3.8, 4) is 0 Å². The van der Waals surface area contributed by atoms with E-state index in [2.05, 4.69) is 25.0 Å². The number of hydrogen-bond acceptors (Lipinski definition) is 7. The fourth-order valence-electron chi connectivity index (χ4n) is 3.66. The van der Waals surface area contributed by atoms with Crippen LogP contribution in [0, 0.1) is 0 Å². The molecule has 1 aliphatic rings. The first-order valence-corrected chi connectivity index (χ1v) is 11.1. The van der Waals surface area contributed by atoms with Gasteiger partial charge in [0.1, 0.15) is 10.8 Å². The second-order valence-electron chi connectivity index (χ2n) is 7.47. The molecule has 1 aliphatic heterocycles. The van der Waals surface area contributed by atoms with Gasteiger partial charge in [-0.25, -0.2) is 4.98 Å². The van der Waals surface area contributed by atoms with Crippen LogP contribution in [0.2, 0.25) is 0 Å². The van der Waals surface area contributed by atoms with E-state index in [-0.39, 0.29) is 11.8 Å². The molecular weight excluding hydrogens is 424 g/mol. The Morgan fingerprint density at radius 1 is 0.969 bits per heavy atom. The third-order valence-electron chi connectivity index (χ3n) is 5.27. The van der Waals surface area contributed by atoms with Crippen molar-refractivity contribution >= 4 is 50.9 Å². The predicted molar refractivity (Wildman–Crippen MR) is 124 cm³/mol. The molecule has 0 radical (unpaired) electrons. The summed E-state index contributed by atoms with van der Waals surface area (Å²) in [4.78, 5) is 36.3. The maximum Gasteiger partial charge on any atom is 0.260 e. The SMILES string of the molecule is O=C(Nc1cccc(C(=O)N2CCCC2)c1)c1cnsc1Nc1cnc2ccccc2n1. The summed E-state index contributed by atoms with van der Waals surface area (Å²) in [6.07, 6.45) is 5.20. The molecule has 0 saturated carbocycles. The highest BCUT2D eigenvalue weighted by molar-refractivity contribution is 7.10. The van der Waals surface area contributed by atoms with Crippen LogP contribution in [0.5, 0.6) is 0 Å². The van der Waals surface area contributed by atoms with Gasteiger partial charge in [-0.15, -0.1) is 0 Å². The lowest BCUT2D eigenvalue weighted by atomic mass is 10.1. The molecule has 2 aromatic heterocycles. The van der Waals surface area contributed by atoms with Crippen molar-refractivity contribution in [2.75, 3.05) is 23.7 Å². The summed E-state index contributed by atoms with van der Waals surface area (Å²) in [6.45, 7) is 1.56. The van der Waals surface area contributed by atoms with Gasteiger partial charge in [-0.2, -0.15) is 4.37 Å². The number of benzene rings is 2. The van der Waals surface area contributed by atoms with Crippen molar-refractivity contribution in [1.82, 2.24) is 19.2 Å². The number of carbonyl (C=O) groups excluding carboxylic acids is 2. The van der Waals surface area contributed by atoms with Crippen molar-refractivity contribution in [3.63, 3.8) is 0 Å². The van der Waals surface area contributed by atoms with Crippen LogP contribution in [0.4, 0.5) is 16.5 Å². The number of aromatic nitrogens is 3. The lowest BCUT2D eigenvalue weighted by Gasteiger charge is -2.15. The molecule has 0 aliphatic carbocycles. The number of hydrogen-bond donors (Lipinski definition) is 2. The normalized spacial score (nSPS) is 13.3. The molecular formula is C23H20N6O2S. The molecule has 0 bridgehead atoms. The predicted octanol–water partition coefficient (Wildman–Crippen LogP) is 4.32. The van der Waals surface area contributed by atoms with Crippen molar-refractivity contribution in [2.24, 2.45) is 0 Å². The number of carbonyl (C=O) groups is 2. The standard InChI is InChI=1S/C23H20N6O2S/c30-21(26-16-7-5-6-15(12-16)23(31)29-10-3-4-11-29)17-13-25-32-22(17)28-20-14-24-18-8-1-2-9-19(18)27-20/h1-2,5-9,12-14H,3-4,10-11H2,(H,26,30)(H,27,28). The Hall–Kier alpha value is -3.85. The van der Waals surface area contributed by atoms with Crippen molar-refractivity contribution in [1.29, 1.82) is 0 Å². The summed E-state index contributed by atoms with van der Waals surface area (Å²) in [5.74, 6) is 0.203. The number of fused-ring (bicyclic) bond motifs is 1. The molecule has 0 spiro atoms. The average molecular weight is 445 g/mol. The fraction of sp³-hybridized carbons (Fsp3) is 0.174. The van der Waals surface area contributed by atoms with Gasteiger partial charge >= 0.3 is 0 Å². The maximum atomic E-state index is 12.9. The molecule has 1 fully saturated rings. The van der Waals surface area contributed by atoms with E-state index in [0.717, 1.165) is 48.5 Å². The quantitative estimate of drug-likeness (QED) is 0.476. The van der Waals surface area contributed by atoms with Crippen LogP contribution in [-0.2, 0) is 0 Å². The first-order valence-electron chi connectivity index (χ1n) is 10.3. The van der Waals surface area contributed by atoms with E-state index < -0.39 is 0 Å². The maximum absolute atomic E-state index is 12.9. The minimum absolute atomic E-state index is 0.00645. The van der Waals surface area contributed by atoms with E-state index in [4.69, 9.17) is 0 Å². The Kier molecular flexibility index (Phi) is 5.47. The minimum atomic E-state index is -0.319. The van der Waals surface area contributed by atoms with Crippen molar-refractivity contribution < 1.29 is 9.59 Å². The van der Waals surface area contributed by atoms with Crippen LogP contribution < -0.4 is 10.6 Å². The number of anilines is 3. The van der Waals surface area contributed by atoms with E-state index in [9.17, 15) is 9.59 Å². The minimum Gasteiger partial charge on any atom is -0.339 e. The summed E-state index contributed by atoms with van der Waals surface area (Å²) >= 11 is 1.16. The summed E-state index contributed by atoms with van der Waals surface area (Å²) in [5.41, 5.74) is 3.07. The summed E-state index contributed by atoms with van der Waals surface area (Å²) < 4.78 is 4.15. The number of rotatable bonds is 5. The zero-order chi connectivity index (χ0) is 21.9. The second-order valence-corrected chi connectivity index (χ2v) is 8.27. The van der Waals surface area contributed by atoms with Gasteiger partial charge in [0, 0.05) is 24.3 Å². The number of amides is 2. The Bertz CT molecular complexity index is 1300. The molecule has 0 unspecified atom stereocenters. The highest BCUT2D eigenvalue weighted by atomic mass is 32.1. The lowest BCUT2D eigenvalue weighted by Crippen LogP contribution is -2.27. The number of nitrogens with zero attached hydrogens (tertiary/aromatic N) is 4. The van der Waals surface area contributed by atoms with Crippen LogP contribution in [0.1, 0.15) is 33.6 Å². The van der Waals surface area contributed by atoms with E-state index in [0.29, 0.717) is 27.6 Å². The molecule has 1 saturated heterocycles. The van der Waals surface area contributed by atoms with Crippen molar-refractivity contribution in [3.05, 3.63) is 72.1 Å². The van der Waals surface area contributed by atoms with Crippen LogP contribution in [0.25, 0.3) is 11.0 Å². The highest BCUT2D eigenvalue weighted by Gasteiger charge is 2.20. The van der Waals surface area contributed by atoms with Gasteiger partial charge in [-0.3, -0.25) is 14.6 Å². The van der Waals surface area contributed by atoms with Crippen LogP contribution in [0.15, 0.2) is 60.9 Å². The Labute approximate surface area is 188 Å². The van der Waals surface area contributed by atoms with Gasteiger partial charge in [0.25, 0.3) is 11.8 Å². The summed E-state index contributed by atoms with van der Waals surface area (Å²) in [7, 11) is 0. The van der Waals surface area contributed by atoms with Crippen LogP contribution in [-0.4, -0.2) is 44.1 Å². The third kappa shape index (κ3) is 4.15. The number of nitrogens with one attached hydrogen (secondary N) is 2. The van der Waals surface area contributed by atoms with Crippen molar-refractivity contribution in [2.45, 2.75) is 12.8 Å². The zero-order valence-corrected chi connectivity index (χ0v) is 17.9. The monoisotopic (exact) mass is 444 g/mol. The van der Waals surface area contributed by atoms with Gasteiger partial charge < -0.3 is 15.5 Å². The van der Waals surface area contributed by atoms with Gasteiger partial charge in [-0.05, 0) is 54.7 Å². The van der Waals surface area contributed by atoms with E-state index >= 15 is 0 Å². The van der Waals surface area contributed by atoms with Gasteiger partial charge in [0.05, 0.1) is 29.0 Å².